The smallest absolute Gasteiger partial charge is 0.344 e. The van der Waals surface area contributed by atoms with Crippen LogP contribution >= 0.6 is 0 Å². The van der Waals surface area contributed by atoms with Crippen LogP contribution in [0.2, 0.25) is 0 Å². The number of aromatic nitrogens is 4. The molecule has 2 aromatic heterocycles. The molecule has 0 spiro atoms. The summed E-state index contributed by atoms with van der Waals surface area (Å²) in [7, 11) is 0. The first-order valence-electron chi connectivity index (χ1n) is 18.0. The van der Waals surface area contributed by atoms with E-state index in [9.17, 15) is 55.7 Å². The lowest BCUT2D eigenvalue weighted by atomic mass is 10.1. The second-order valence-electron chi connectivity index (χ2n) is 14.3. The molecule has 4 aliphatic rings. The van der Waals surface area contributed by atoms with Crippen molar-refractivity contribution >= 4 is 35.3 Å². The second-order valence-corrected chi connectivity index (χ2v) is 14.3. The van der Waals surface area contributed by atoms with E-state index in [-0.39, 0.29) is 55.8 Å². The van der Waals surface area contributed by atoms with Gasteiger partial charge in [-0.05, 0) is 26.0 Å². The van der Waals surface area contributed by atoms with Crippen LogP contribution in [0.1, 0.15) is 44.2 Å². The average Bonchev–Trinajstić information content (AvgIpc) is 3.96. The van der Waals surface area contributed by atoms with Gasteiger partial charge in [-0.15, -0.1) is 0 Å². The van der Waals surface area contributed by atoms with Gasteiger partial charge in [-0.25, -0.2) is 40.9 Å². The van der Waals surface area contributed by atoms with E-state index in [4.69, 9.17) is 0 Å². The van der Waals surface area contributed by atoms with Gasteiger partial charge in [0.15, 0.2) is 41.1 Å². The van der Waals surface area contributed by atoms with Gasteiger partial charge in [0.2, 0.25) is 11.8 Å². The van der Waals surface area contributed by atoms with Crippen molar-refractivity contribution in [2.24, 2.45) is 0 Å². The van der Waals surface area contributed by atoms with Crippen LogP contribution in [0.4, 0.5) is 47.3 Å². The minimum Gasteiger partial charge on any atom is -0.391 e. The topological polar surface area (TPSA) is 173 Å². The highest BCUT2D eigenvalue weighted by molar-refractivity contribution is 5.96. The van der Waals surface area contributed by atoms with E-state index >= 15 is 0 Å². The number of rotatable bonds is 4. The molecule has 0 bridgehead atoms. The first kappa shape index (κ1) is 40.1. The van der Waals surface area contributed by atoms with Gasteiger partial charge in [0.25, 0.3) is 0 Å². The number of carbonyl (C=O) groups is 4. The third kappa shape index (κ3) is 7.51. The van der Waals surface area contributed by atoms with Gasteiger partial charge in [0.05, 0.1) is 80.4 Å². The van der Waals surface area contributed by atoms with Gasteiger partial charge in [-0.1, -0.05) is 0 Å². The van der Waals surface area contributed by atoms with Crippen molar-refractivity contribution in [1.29, 1.82) is 0 Å². The molecule has 2 fully saturated rings. The third-order valence-corrected chi connectivity index (χ3v) is 10.2. The molecular weight excluding hydrogens is 782 g/mol. The van der Waals surface area contributed by atoms with Crippen LogP contribution in [-0.4, -0.2) is 111 Å². The highest BCUT2D eigenvalue weighted by atomic mass is 19.2. The van der Waals surface area contributed by atoms with Crippen LogP contribution in [0.25, 0.3) is 0 Å². The van der Waals surface area contributed by atoms with E-state index in [1.54, 1.807) is 41.5 Å². The monoisotopic (exact) mass is 818 g/mol. The number of benzene rings is 2. The zero-order valence-electron chi connectivity index (χ0n) is 30.8. The fraction of sp³-hybridized carbons (Fsp3) is 0.389. The largest absolute Gasteiger partial charge is 0.391 e. The summed E-state index contributed by atoms with van der Waals surface area (Å²) in [6, 6.07) is 3.81. The molecule has 2 saturated heterocycles. The normalized spacial score (nSPS) is 22.8. The molecule has 58 heavy (non-hydrogen) atoms. The van der Waals surface area contributed by atoms with Crippen molar-refractivity contribution in [3.63, 3.8) is 0 Å². The molecule has 22 heteroatoms. The van der Waals surface area contributed by atoms with Crippen molar-refractivity contribution in [1.82, 2.24) is 39.3 Å². The zero-order valence-corrected chi connectivity index (χ0v) is 30.8. The Balaban J connectivity index is 0.000000177. The molecule has 5 atom stereocenters. The summed E-state index contributed by atoms with van der Waals surface area (Å²) in [6.07, 6.45) is 0.0773. The highest BCUT2D eigenvalue weighted by Crippen LogP contribution is 2.36. The predicted octanol–water partition coefficient (Wildman–Crippen LogP) is 3.47. The average molecular weight is 819 g/mol. The molecule has 3 N–H and O–H groups in total. The van der Waals surface area contributed by atoms with Crippen LogP contribution in [-0.2, 0) is 29.2 Å². The van der Waals surface area contributed by atoms with E-state index in [1.807, 2.05) is 0 Å². The lowest BCUT2D eigenvalue weighted by Crippen LogP contribution is -2.57. The summed E-state index contributed by atoms with van der Waals surface area (Å²) in [5.74, 6) is -10.1. The number of carbonyl (C=O) groups excluding carboxylic acids is 4. The van der Waals surface area contributed by atoms with Gasteiger partial charge >= 0.3 is 12.1 Å². The number of urea groups is 2. The number of nitrogens with one attached hydrogen (secondary N) is 1. The Morgan fingerprint density at radius 3 is 1.93 bits per heavy atom. The van der Waals surface area contributed by atoms with Gasteiger partial charge in [0.1, 0.15) is 0 Å². The number of aliphatic hydroxyl groups is 2. The number of halogens is 6. The number of fused-ring (bicyclic) bond motifs is 2. The molecule has 3 unspecified atom stereocenters. The standard InChI is InChI=1S/2C18H18F3N5O3/c1-10-7-24-11(2-3-22-24)8-23(10)18(29)26(25-9-13(27)6-16(25)28)12-4-14(19)17(21)15(20)5-12;1-9-7-25-14(2-3-22-25)17(24-8-11(27)6-15(24)28)26(9)18(29)23-10-4-12(19)16(21)13(20)5-10/h2-5,10,13,27H,6-9H2,1H3;2-5,9,11,17,27H,6-8H2,1H3,(H,23,29)/t10?,13-;9?,11-,17?/m10/s1. The maximum Gasteiger partial charge on any atom is 0.344 e. The van der Waals surface area contributed by atoms with Gasteiger partial charge in [-0.3, -0.25) is 23.9 Å². The minimum atomic E-state index is -1.68. The van der Waals surface area contributed by atoms with Crippen LogP contribution in [0.15, 0.2) is 48.8 Å². The number of aliphatic hydroxyl groups excluding tert-OH is 2. The maximum atomic E-state index is 13.9. The summed E-state index contributed by atoms with van der Waals surface area (Å²) >= 11 is 0. The quantitative estimate of drug-likeness (QED) is 0.208. The number of hydrazine groups is 1. The Labute approximate surface area is 325 Å². The van der Waals surface area contributed by atoms with E-state index in [1.165, 1.54) is 20.9 Å². The Morgan fingerprint density at radius 2 is 1.33 bits per heavy atom. The Morgan fingerprint density at radius 1 is 0.759 bits per heavy atom. The van der Waals surface area contributed by atoms with Crippen molar-refractivity contribution in [3.8, 4) is 0 Å². The van der Waals surface area contributed by atoms with E-state index in [0.29, 0.717) is 43.0 Å². The molecule has 0 radical (unpaired) electrons. The number of likely N-dealkylation sites (tertiary alicyclic amines) is 1. The number of hydrogen-bond acceptors (Lipinski definition) is 8. The first-order chi connectivity index (χ1) is 27.5. The summed E-state index contributed by atoms with van der Waals surface area (Å²) in [5.41, 5.74) is 0.710. The zero-order chi connectivity index (χ0) is 41.7. The van der Waals surface area contributed by atoms with E-state index in [2.05, 4.69) is 15.5 Å². The van der Waals surface area contributed by atoms with Crippen LogP contribution in [0.3, 0.4) is 0 Å². The van der Waals surface area contributed by atoms with Crippen LogP contribution < -0.4 is 10.3 Å². The molecule has 308 valence electrons. The molecule has 6 heterocycles. The lowest BCUT2D eigenvalue weighted by molar-refractivity contribution is -0.134. The molecule has 0 aliphatic carbocycles. The molecule has 4 aromatic rings. The van der Waals surface area contributed by atoms with E-state index < -0.39 is 77.3 Å². The molecule has 0 saturated carbocycles. The molecule has 2 aromatic carbocycles. The fourth-order valence-corrected chi connectivity index (χ4v) is 7.42. The van der Waals surface area contributed by atoms with Crippen molar-refractivity contribution in [3.05, 3.63) is 95.1 Å². The maximum absolute atomic E-state index is 13.9. The number of anilines is 2. The number of nitrogens with zero attached hydrogens (tertiary/aromatic N) is 9. The molecule has 16 nitrogen and oxygen atoms in total. The number of hydrogen-bond donors (Lipinski definition) is 3. The number of amides is 6. The SMILES string of the molecule is CC1Cn2nccc2C(N2C[C@@H](O)CC2=O)N1C(=O)Nc1cc(F)c(F)c(F)c1.CC1Cn2nccc2CN1C(=O)N(c1cc(F)c(F)c(F)c1)N1C[C@H](O)CC1=O. The Bertz CT molecular complexity index is 2230. The summed E-state index contributed by atoms with van der Waals surface area (Å²) < 4.78 is 84.8. The second kappa shape index (κ2) is 15.6. The number of β-amino-alcohol motifs (C(OH)–C–C–N with tert-alkyl or cyclic N) is 2. The van der Waals surface area contributed by atoms with Gasteiger partial charge in [0, 0.05) is 48.9 Å². The molecule has 8 rings (SSSR count). The molecule has 6 amide bonds. The Kier molecular flexibility index (Phi) is 10.8. The first-order valence-corrected chi connectivity index (χ1v) is 18.0. The van der Waals surface area contributed by atoms with E-state index in [0.717, 1.165) is 15.7 Å². The highest BCUT2D eigenvalue weighted by Gasteiger charge is 2.45. The minimum absolute atomic E-state index is 0.0327. The van der Waals surface area contributed by atoms with Crippen molar-refractivity contribution in [2.75, 3.05) is 23.4 Å². The van der Waals surface area contributed by atoms with Crippen molar-refractivity contribution in [2.45, 2.75) is 76.8 Å². The van der Waals surface area contributed by atoms with Gasteiger partial charge < -0.3 is 25.3 Å². The molecular formula is C36H36F6N10O6. The summed E-state index contributed by atoms with van der Waals surface area (Å²) in [6.45, 7) is 4.20. The van der Waals surface area contributed by atoms with Crippen LogP contribution in [0.5, 0.6) is 0 Å². The van der Waals surface area contributed by atoms with Crippen LogP contribution in [0, 0.1) is 34.9 Å². The fourth-order valence-electron chi connectivity index (χ4n) is 7.42. The van der Waals surface area contributed by atoms with Gasteiger partial charge in [-0.2, -0.15) is 15.2 Å². The summed E-state index contributed by atoms with van der Waals surface area (Å²) in [4.78, 5) is 55.3. The van der Waals surface area contributed by atoms with Crippen molar-refractivity contribution < 1.29 is 55.7 Å². The lowest BCUT2D eigenvalue weighted by Gasteiger charge is -2.44. The summed E-state index contributed by atoms with van der Waals surface area (Å²) in [5, 5.41) is 32.2. The predicted molar refractivity (Wildman–Crippen MR) is 188 cm³/mol. The third-order valence-electron chi connectivity index (χ3n) is 10.2. The Hall–Kier alpha value is -6.16. The molecule has 4 aliphatic heterocycles.